The van der Waals surface area contributed by atoms with Gasteiger partial charge in [0.1, 0.15) is 5.82 Å². The van der Waals surface area contributed by atoms with E-state index in [-0.39, 0.29) is 0 Å². The van der Waals surface area contributed by atoms with Crippen molar-refractivity contribution in [2.45, 2.75) is 20.4 Å². The van der Waals surface area contributed by atoms with E-state index < -0.39 is 0 Å². The summed E-state index contributed by atoms with van der Waals surface area (Å²) in [5.74, 6) is 0.838. The Kier molecular flexibility index (Phi) is 2.26. The van der Waals surface area contributed by atoms with Crippen molar-refractivity contribution < 1.29 is 0 Å². The Morgan fingerprint density at radius 1 is 1.14 bits per heavy atom. The van der Waals surface area contributed by atoms with Crippen LogP contribution in [0.3, 0.4) is 0 Å². The molecule has 0 aliphatic carbocycles. The van der Waals surface area contributed by atoms with Crippen LogP contribution in [0, 0.1) is 13.8 Å². The van der Waals surface area contributed by atoms with Crippen LogP contribution >= 0.6 is 0 Å². The highest BCUT2D eigenvalue weighted by Gasteiger charge is 2.00. The molecule has 0 N–H and O–H groups in total. The number of rotatable bonds is 2. The van der Waals surface area contributed by atoms with Crippen LogP contribution in [0.4, 0.5) is 0 Å². The van der Waals surface area contributed by atoms with Gasteiger partial charge in [-0.25, -0.2) is 4.68 Å². The summed E-state index contributed by atoms with van der Waals surface area (Å²) in [7, 11) is 0. The highest BCUT2D eigenvalue weighted by Crippen LogP contribution is 2.05. The third-order valence-electron chi connectivity index (χ3n) is 2.16. The van der Waals surface area contributed by atoms with Gasteiger partial charge in [-0.3, -0.25) is 0 Å². The zero-order chi connectivity index (χ0) is 9.97. The molecule has 0 amide bonds. The average Bonchev–Trinajstić information content (AvgIpc) is 2.56. The lowest BCUT2D eigenvalue weighted by atomic mass is 10.1. The number of tetrazole rings is 1. The van der Waals surface area contributed by atoms with E-state index in [0.29, 0.717) is 0 Å². The van der Waals surface area contributed by atoms with Crippen LogP contribution in [-0.2, 0) is 6.54 Å². The van der Waals surface area contributed by atoms with Gasteiger partial charge in [-0.1, -0.05) is 29.8 Å². The van der Waals surface area contributed by atoms with Gasteiger partial charge in [0.2, 0.25) is 0 Å². The summed E-state index contributed by atoms with van der Waals surface area (Å²) in [4.78, 5) is 0. The van der Waals surface area contributed by atoms with Crippen LogP contribution in [0.2, 0.25) is 0 Å². The third kappa shape index (κ3) is 1.79. The third-order valence-corrected chi connectivity index (χ3v) is 2.16. The van der Waals surface area contributed by atoms with Gasteiger partial charge in [-0.05, 0) is 29.8 Å². The lowest BCUT2D eigenvalue weighted by Gasteiger charge is -2.02. The molecule has 0 saturated heterocycles. The molecular weight excluding hydrogens is 176 g/mol. The molecular formula is C10H12N4. The summed E-state index contributed by atoms with van der Waals surface area (Å²) < 4.78 is 1.78. The summed E-state index contributed by atoms with van der Waals surface area (Å²) in [6, 6.07) is 8.37. The lowest BCUT2D eigenvalue weighted by molar-refractivity contribution is 0.633. The van der Waals surface area contributed by atoms with E-state index in [1.54, 1.807) is 4.68 Å². The molecule has 4 nitrogen and oxygen atoms in total. The Bertz CT molecular complexity index is 416. The SMILES string of the molecule is Cc1ccc(Cn2nnnc2C)cc1. The maximum atomic E-state index is 3.89. The number of aromatic nitrogens is 4. The summed E-state index contributed by atoms with van der Waals surface area (Å²) in [5.41, 5.74) is 2.48. The van der Waals surface area contributed by atoms with Gasteiger partial charge in [0.05, 0.1) is 6.54 Å². The van der Waals surface area contributed by atoms with Crippen molar-refractivity contribution in [2.24, 2.45) is 0 Å². The molecule has 0 spiro atoms. The first-order chi connectivity index (χ1) is 6.75. The van der Waals surface area contributed by atoms with Crippen molar-refractivity contribution in [3.8, 4) is 0 Å². The molecule has 2 aromatic rings. The first-order valence-corrected chi connectivity index (χ1v) is 4.54. The molecule has 72 valence electrons. The molecule has 0 saturated carbocycles. The Morgan fingerprint density at radius 3 is 2.43 bits per heavy atom. The second-order valence-corrected chi connectivity index (χ2v) is 3.37. The lowest BCUT2D eigenvalue weighted by Crippen LogP contribution is -2.03. The topological polar surface area (TPSA) is 43.6 Å². The second kappa shape index (κ2) is 3.57. The molecule has 0 bridgehead atoms. The molecule has 0 fully saturated rings. The zero-order valence-corrected chi connectivity index (χ0v) is 8.31. The molecule has 1 heterocycles. The van der Waals surface area contributed by atoms with Crippen LogP contribution in [0.5, 0.6) is 0 Å². The maximum absolute atomic E-state index is 3.89. The quantitative estimate of drug-likeness (QED) is 0.714. The highest BCUT2D eigenvalue weighted by atomic mass is 15.5. The molecule has 0 unspecified atom stereocenters. The molecule has 2 rings (SSSR count). The minimum absolute atomic E-state index is 0.735. The minimum Gasteiger partial charge on any atom is -0.225 e. The predicted molar refractivity (Wildman–Crippen MR) is 52.8 cm³/mol. The maximum Gasteiger partial charge on any atom is 0.148 e. The van der Waals surface area contributed by atoms with Crippen LogP contribution in [0.25, 0.3) is 0 Å². The van der Waals surface area contributed by atoms with Gasteiger partial charge >= 0.3 is 0 Å². The summed E-state index contributed by atoms with van der Waals surface area (Å²) in [5, 5.41) is 11.3. The van der Waals surface area contributed by atoms with Gasteiger partial charge in [-0.15, -0.1) is 5.10 Å². The number of aryl methyl sites for hydroxylation is 2. The van der Waals surface area contributed by atoms with Crippen LogP contribution in [0.1, 0.15) is 17.0 Å². The molecule has 0 radical (unpaired) electrons. The van der Waals surface area contributed by atoms with E-state index in [2.05, 4.69) is 46.7 Å². The van der Waals surface area contributed by atoms with E-state index in [9.17, 15) is 0 Å². The normalized spacial score (nSPS) is 10.4. The van der Waals surface area contributed by atoms with Crippen molar-refractivity contribution in [1.82, 2.24) is 20.2 Å². The van der Waals surface area contributed by atoms with Crippen molar-refractivity contribution in [2.75, 3.05) is 0 Å². The molecule has 0 aliphatic heterocycles. The number of benzene rings is 1. The van der Waals surface area contributed by atoms with Gasteiger partial charge in [-0.2, -0.15) is 0 Å². The molecule has 0 atom stereocenters. The summed E-state index contributed by atoms with van der Waals surface area (Å²) >= 11 is 0. The standard InChI is InChI=1S/C10H12N4/c1-8-3-5-10(6-4-8)7-14-9(2)11-12-13-14/h3-6H,7H2,1-2H3. The smallest absolute Gasteiger partial charge is 0.148 e. The highest BCUT2D eigenvalue weighted by molar-refractivity contribution is 5.21. The van der Waals surface area contributed by atoms with E-state index >= 15 is 0 Å². The fourth-order valence-corrected chi connectivity index (χ4v) is 1.26. The predicted octanol–water partition coefficient (Wildman–Crippen LogP) is 1.34. The van der Waals surface area contributed by atoms with Gasteiger partial charge in [0.15, 0.2) is 0 Å². The van der Waals surface area contributed by atoms with Crippen LogP contribution in [0.15, 0.2) is 24.3 Å². The first kappa shape index (κ1) is 8.87. The van der Waals surface area contributed by atoms with E-state index in [4.69, 9.17) is 0 Å². The fraction of sp³-hybridized carbons (Fsp3) is 0.300. The second-order valence-electron chi connectivity index (χ2n) is 3.37. The fourth-order valence-electron chi connectivity index (χ4n) is 1.26. The number of hydrogen-bond donors (Lipinski definition) is 0. The average molecular weight is 188 g/mol. The molecule has 14 heavy (non-hydrogen) atoms. The molecule has 4 heteroatoms. The van der Waals surface area contributed by atoms with Crippen molar-refractivity contribution >= 4 is 0 Å². The van der Waals surface area contributed by atoms with Gasteiger partial charge in [0, 0.05) is 0 Å². The van der Waals surface area contributed by atoms with Crippen LogP contribution in [-0.4, -0.2) is 20.2 Å². The zero-order valence-electron chi connectivity index (χ0n) is 8.31. The molecule has 0 aliphatic rings. The Hall–Kier alpha value is -1.71. The van der Waals surface area contributed by atoms with Gasteiger partial charge in [0.25, 0.3) is 0 Å². The van der Waals surface area contributed by atoms with E-state index in [1.807, 2.05) is 6.92 Å². The van der Waals surface area contributed by atoms with E-state index in [0.717, 1.165) is 12.4 Å². The number of hydrogen-bond acceptors (Lipinski definition) is 3. The Labute approximate surface area is 82.6 Å². The minimum atomic E-state index is 0.735. The number of nitrogens with zero attached hydrogens (tertiary/aromatic N) is 4. The van der Waals surface area contributed by atoms with Gasteiger partial charge < -0.3 is 0 Å². The van der Waals surface area contributed by atoms with Crippen molar-refractivity contribution in [3.63, 3.8) is 0 Å². The Morgan fingerprint density at radius 2 is 1.86 bits per heavy atom. The summed E-state index contributed by atoms with van der Waals surface area (Å²) in [6.45, 7) is 4.71. The summed E-state index contributed by atoms with van der Waals surface area (Å²) in [6.07, 6.45) is 0. The van der Waals surface area contributed by atoms with E-state index in [1.165, 1.54) is 11.1 Å². The van der Waals surface area contributed by atoms with Crippen molar-refractivity contribution in [1.29, 1.82) is 0 Å². The molecule has 1 aromatic heterocycles. The van der Waals surface area contributed by atoms with Crippen molar-refractivity contribution in [3.05, 3.63) is 41.2 Å². The molecule has 1 aromatic carbocycles. The Balaban J connectivity index is 2.19. The monoisotopic (exact) mass is 188 g/mol. The van der Waals surface area contributed by atoms with Crippen LogP contribution < -0.4 is 0 Å². The first-order valence-electron chi connectivity index (χ1n) is 4.54. The largest absolute Gasteiger partial charge is 0.225 e.